The quantitative estimate of drug-likeness (QED) is 0.379. The molecule has 152 valence electrons. The van der Waals surface area contributed by atoms with Crippen molar-refractivity contribution in [1.82, 2.24) is 0 Å². The molecule has 0 radical (unpaired) electrons. The molecule has 0 aromatic heterocycles. The smallest absolute Gasteiger partial charge is 0.195 e. The highest BCUT2D eigenvalue weighted by molar-refractivity contribution is 6.59. The number of ketones is 1. The summed E-state index contributed by atoms with van der Waals surface area (Å²) in [6, 6.07) is 0. The van der Waals surface area contributed by atoms with Crippen LogP contribution >= 0.6 is 0 Å². The van der Waals surface area contributed by atoms with Gasteiger partial charge < -0.3 is 5.11 Å². The monoisotopic (exact) mass is 396 g/mol. The van der Waals surface area contributed by atoms with Crippen LogP contribution in [0, 0.1) is 34.9 Å². The minimum Gasteiger partial charge on any atom is -0.377 e. The number of rotatable bonds is 1. The first-order valence-electron chi connectivity index (χ1n) is 12.2. The molecule has 4 rings (SSSR count). The highest BCUT2D eigenvalue weighted by atomic mass is 16.3. The Morgan fingerprint density at radius 1 is 1.07 bits per heavy atom. The third kappa shape index (κ3) is 2.68. The molecule has 0 amide bonds. The zero-order chi connectivity index (χ0) is 22.3. The Bertz CT molecular complexity index is 888. The third-order valence-electron chi connectivity index (χ3n) is 10.2. The fraction of sp³-hybridized carbons (Fsp3) is 0.762. The van der Waals surface area contributed by atoms with Crippen LogP contribution in [0.15, 0.2) is 11.0 Å². The van der Waals surface area contributed by atoms with Crippen molar-refractivity contribution in [3.8, 4) is 11.7 Å². The van der Waals surface area contributed by atoms with Crippen LogP contribution < -0.4 is 0 Å². The van der Waals surface area contributed by atoms with Gasteiger partial charge in [-0.25, -0.2) is 0 Å². The lowest BCUT2D eigenvalue weighted by Gasteiger charge is -2.65. The molecule has 0 saturated heterocycles. The molecular weight excluding hydrogens is 360 g/mol. The van der Waals surface area contributed by atoms with E-state index in [9.17, 15) is 9.90 Å². The van der Waals surface area contributed by atoms with Gasteiger partial charge in [0.15, 0.2) is 7.85 Å². The van der Waals surface area contributed by atoms with Crippen molar-refractivity contribution in [2.45, 2.75) is 73.2 Å². The Morgan fingerprint density at radius 3 is 2.30 bits per heavy atom. The van der Waals surface area contributed by atoms with Crippen LogP contribution in [0.1, 0.15) is 51.9 Å². The SMILES string of the molecule is BC#C[C@]1(O)CCC2C3CC(B)(B)C4=C(B)C(=O)C(B)(B)CC4(B)C3CC[C@@]21CC. The van der Waals surface area contributed by atoms with Crippen LogP contribution in [0.2, 0.25) is 15.7 Å². The predicted molar refractivity (Wildman–Crippen MR) is 144 cm³/mol. The average Bonchev–Trinajstić information content (AvgIpc) is 2.92. The Hall–Kier alpha value is -0.615. The maximum atomic E-state index is 13.2. The maximum Gasteiger partial charge on any atom is 0.195 e. The number of hydrogen-bond donors (Lipinski definition) is 1. The van der Waals surface area contributed by atoms with Crippen molar-refractivity contribution in [2.24, 2.45) is 23.2 Å². The summed E-state index contributed by atoms with van der Waals surface area (Å²) in [6.45, 7) is 2.27. The zero-order valence-electron chi connectivity index (χ0n) is 20.5. The second-order valence-electron chi connectivity index (χ2n) is 12.6. The molecule has 4 unspecified atom stereocenters. The van der Waals surface area contributed by atoms with Crippen LogP contribution in [-0.4, -0.2) is 71.4 Å². The summed E-state index contributed by atoms with van der Waals surface area (Å²) in [5.41, 5.74) is 1.60. The Labute approximate surface area is 189 Å². The molecule has 0 heterocycles. The third-order valence-corrected chi connectivity index (χ3v) is 10.2. The van der Waals surface area contributed by atoms with E-state index in [4.69, 9.17) is 0 Å². The van der Waals surface area contributed by atoms with Gasteiger partial charge in [-0.3, -0.25) is 4.79 Å². The van der Waals surface area contributed by atoms with Crippen molar-refractivity contribution < 1.29 is 9.90 Å². The first-order valence-corrected chi connectivity index (χ1v) is 12.2. The normalized spacial score (nSPS) is 46.2. The molecule has 0 bridgehead atoms. The van der Waals surface area contributed by atoms with E-state index in [1.54, 1.807) is 0 Å². The summed E-state index contributed by atoms with van der Waals surface area (Å²) in [5, 5.41) is 11.5. The number of carbonyl (C=O) groups excluding carboxylic acids is 1. The fourth-order valence-corrected chi connectivity index (χ4v) is 9.75. The van der Waals surface area contributed by atoms with Crippen molar-refractivity contribution in [1.29, 1.82) is 0 Å². The van der Waals surface area contributed by atoms with E-state index in [0.717, 1.165) is 50.4 Å². The van der Waals surface area contributed by atoms with Gasteiger partial charge in [0.2, 0.25) is 0 Å². The largest absolute Gasteiger partial charge is 0.377 e. The molecule has 0 aromatic rings. The highest BCUT2D eigenvalue weighted by Crippen LogP contribution is 2.74. The molecule has 2 nitrogen and oxygen atoms in total. The fourth-order valence-electron chi connectivity index (χ4n) is 9.75. The number of hydrogen-bond acceptors (Lipinski definition) is 2. The van der Waals surface area contributed by atoms with E-state index in [1.165, 1.54) is 5.57 Å². The number of Topliss-reactive ketones (excluding diaryl/α,β-unsaturated/α-hetero) is 1. The zero-order valence-corrected chi connectivity index (χ0v) is 20.5. The van der Waals surface area contributed by atoms with Crippen LogP contribution in [0.4, 0.5) is 0 Å². The molecule has 0 aliphatic heterocycles. The van der Waals surface area contributed by atoms with Gasteiger partial charge in [0, 0.05) is 5.41 Å². The van der Waals surface area contributed by atoms with Gasteiger partial charge in [-0.15, -0.1) is 0 Å². The number of aliphatic hydroxyl groups is 1. The van der Waals surface area contributed by atoms with Crippen LogP contribution in [-0.2, 0) is 4.79 Å². The summed E-state index contributed by atoms with van der Waals surface area (Å²) < 4.78 is 0. The molecule has 6 atom stereocenters. The Balaban J connectivity index is 1.85. The van der Waals surface area contributed by atoms with Crippen molar-refractivity contribution >= 4 is 60.7 Å². The lowest BCUT2D eigenvalue weighted by Crippen LogP contribution is -2.58. The van der Waals surface area contributed by atoms with E-state index >= 15 is 0 Å². The second-order valence-corrected chi connectivity index (χ2v) is 12.6. The van der Waals surface area contributed by atoms with Crippen molar-refractivity contribution in [2.75, 3.05) is 0 Å². The van der Waals surface area contributed by atoms with E-state index in [2.05, 4.69) is 65.7 Å². The predicted octanol–water partition coefficient (Wildman–Crippen LogP) is -3.04. The van der Waals surface area contributed by atoms with Gasteiger partial charge in [-0.1, -0.05) is 36.5 Å². The molecular formula is C21H35B7O2. The first kappa shape index (κ1) is 22.6. The van der Waals surface area contributed by atoms with Crippen molar-refractivity contribution in [3.05, 3.63) is 11.0 Å². The molecule has 1 N–H and O–H groups in total. The topological polar surface area (TPSA) is 37.3 Å². The molecule has 30 heavy (non-hydrogen) atoms. The maximum absolute atomic E-state index is 13.2. The van der Waals surface area contributed by atoms with E-state index in [0.29, 0.717) is 23.5 Å². The molecule has 4 aliphatic rings. The Kier molecular flexibility index (Phi) is 5.04. The van der Waals surface area contributed by atoms with E-state index < -0.39 is 5.60 Å². The van der Waals surface area contributed by atoms with E-state index in [1.807, 2.05) is 7.85 Å². The minimum atomic E-state index is -0.828. The first-order chi connectivity index (χ1) is 13.8. The van der Waals surface area contributed by atoms with Gasteiger partial charge in [0.25, 0.3) is 0 Å². The average molecular weight is 395 g/mol. The number of fused-ring (bicyclic) bond motifs is 5. The summed E-state index contributed by atoms with van der Waals surface area (Å²) in [4.78, 5) is 13.2. The van der Waals surface area contributed by atoms with Gasteiger partial charge in [0.05, 0.1) is 0 Å². The van der Waals surface area contributed by atoms with Crippen LogP contribution in [0.5, 0.6) is 0 Å². The second kappa shape index (κ2) is 6.70. The number of allylic oxidation sites excluding steroid dienone is 1. The molecule has 0 spiro atoms. The van der Waals surface area contributed by atoms with Crippen LogP contribution in [0.25, 0.3) is 0 Å². The summed E-state index contributed by atoms with van der Waals surface area (Å²) in [7, 11) is 15.5. The summed E-state index contributed by atoms with van der Waals surface area (Å²) in [5.74, 6) is 8.42. The minimum absolute atomic E-state index is 0.0279. The standard InChI is InChI=1S/C21H35B7O2/c1-2-17-5-3-13-11(12(17)4-6-18(17,30)7-8-22)9-20(25,26)15-14(23)16(29)21(27,28)10-19(13,15)24/h11-13,30H,2-6,9-10,22-28H2,1H3/t11?,12?,13?,17-,18+,19?/m0/s1. The molecule has 3 saturated carbocycles. The van der Waals surface area contributed by atoms with E-state index in [-0.39, 0.29) is 21.2 Å². The van der Waals surface area contributed by atoms with Gasteiger partial charge >= 0.3 is 0 Å². The molecule has 3 fully saturated rings. The summed E-state index contributed by atoms with van der Waals surface area (Å²) in [6.07, 6.45) is 7.23. The summed E-state index contributed by atoms with van der Waals surface area (Å²) >= 11 is 0. The van der Waals surface area contributed by atoms with Crippen LogP contribution in [0.3, 0.4) is 0 Å². The van der Waals surface area contributed by atoms with Crippen molar-refractivity contribution in [3.63, 3.8) is 0 Å². The highest BCUT2D eigenvalue weighted by Gasteiger charge is 2.67. The Morgan fingerprint density at radius 2 is 1.70 bits per heavy atom. The molecule has 4 aliphatic carbocycles. The lowest BCUT2D eigenvalue weighted by atomic mass is 9.25. The van der Waals surface area contributed by atoms with Gasteiger partial charge in [0.1, 0.15) is 58.5 Å². The number of carbonyl (C=O) groups is 1. The molecule has 9 heteroatoms. The lowest BCUT2D eigenvalue weighted by molar-refractivity contribution is -0.118. The molecule has 0 aromatic carbocycles. The van der Waals surface area contributed by atoms with Gasteiger partial charge in [-0.2, -0.15) is 5.82 Å². The van der Waals surface area contributed by atoms with Gasteiger partial charge in [-0.05, 0) is 65.9 Å².